The number of carbonyl (C=O) groups is 1. The van der Waals surface area contributed by atoms with E-state index in [4.69, 9.17) is 0 Å². The van der Waals surface area contributed by atoms with Crippen LogP contribution in [-0.2, 0) is 0 Å². The lowest BCUT2D eigenvalue weighted by Gasteiger charge is -2.35. The van der Waals surface area contributed by atoms with E-state index in [-0.39, 0.29) is 5.91 Å². The SMILES string of the molecule is Cc1ccc(C(=O)N2CCN(c3cc(N4CCCC4)ncn3)CC2)s1. The highest BCUT2D eigenvalue weighted by Gasteiger charge is 2.24. The number of hydrogen-bond donors (Lipinski definition) is 0. The first kappa shape index (κ1) is 16.3. The molecule has 0 aromatic carbocycles. The fourth-order valence-corrected chi connectivity index (χ4v) is 4.31. The van der Waals surface area contributed by atoms with Crippen molar-refractivity contribution in [2.45, 2.75) is 19.8 Å². The van der Waals surface area contributed by atoms with Crippen LogP contribution < -0.4 is 9.80 Å². The molecule has 2 aromatic rings. The van der Waals surface area contributed by atoms with Gasteiger partial charge in [-0.05, 0) is 31.9 Å². The minimum atomic E-state index is 0.151. The summed E-state index contributed by atoms with van der Waals surface area (Å²) in [6.45, 7) is 7.29. The Morgan fingerprint density at radius 1 is 0.960 bits per heavy atom. The molecule has 0 N–H and O–H groups in total. The van der Waals surface area contributed by atoms with Crippen LogP contribution in [0.4, 0.5) is 11.6 Å². The molecule has 0 unspecified atom stereocenters. The summed E-state index contributed by atoms with van der Waals surface area (Å²) in [5, 5.41) is 0. The van der Waals surface area contributed by atoms with Crippen molar-refractivity contribution in [1.82, 2.24) is 14.9 Å². The number of hydrogen-bond acceptors (Lipinski definition) is 6. The number of piperazine rings is 1. The van der Waals surface area contributed by atoms with E-state index in [0.717, 1.165) is 55.8 Å². The molecule has 0 radical (unpaired) electrons. The second-order valence-corrected chi connectivity index (χ2v) is 7.91. The van der Waals surface area contributed by atoms with Gasteiger partial charge in [0.2, 0.25) is 0 Å². The normalized spacial score (nSPS) is 18.0. The van der Waals surface area contributed by atoms with E-state index in [1.807, 2.05) is 24.0 Å². The minimum Gasteiger partial charge on any atom is -0.356 e. The Bertz CT molecular complexity index is 747. The summed E-state index contributed by atoms with van der Waals surface area (Å²) in [5.41, 5.74) is 0. The van der Waals surface area contributed by atoms with Gasteiger partial charge in [-0.25, -0.2) is 9.97 Å². The Morgan fingerprint density at radius 2 is 1.60 bits per heavy atom. The number of rotatable bonds is 3. The van der Waals surface area contributed by atoms with Crippen LogP contribution in [0, 0.1) is 6.92 Å². The second-order valence-electron chi connectivity index (χ2n) is 6.62. The van der Waals surface area contributed by atoms with Crippen LogP contribution in [0.25, 0.3) is 0 Å². The van der Waals surface area contributed by atoms with E-state index in [2.05, 4.69) is 25.8 Å². The highest BCUT2D eigenvalue weighted by Crippen LogP contribution is 2.23. The predicted molar refractivity (Wildman–Crippen MR) is 101 cm³/mol. The summed E-state index contributed by atoms with van der Waals surface area (Å²) in [7, 11) is 0. The summed E-state index contributed by atoms with van der Waals surface area (Å²) in [6.07, 6.45) is 4.14. The molecule has 2 fully saturated rings. The standard InChI is InChI=1S/C18H23N5OS/c1-14-4-5-15(25-14)18(24)23-10-8-22(9-11-23)17-12-16(19-13-20-17)21-6-2-3-7-21/h4-5,12-13H,2-3,6-11H2,1H3. The molecule has 2 aliphatic heterocycles. The van der Waals surface area contributed by atoms with Crippen LogP contribution in [0.5, 0.6) is 0 Å². The van der Waals surface area contributed by atoms with Gasteiger partial charge in [0.15, 0.2) is 0 Å². The van der Waals surface area contributed by atoms with Crippen molar-refractivity contribution < 1.29 is 4.79 Å². The first-order chi connectivity index (χ1) is 12.2. The summed E-state index contributed by atoms with van der Waals surface area (Å²) in [6, 6.07) is 6.03. The number of aryl methyl sites for hydroxylation is 1. The van der Waals surface area contributed by atoms with Crippen molar-refractivity contribution in [1.29, 1.82) is 0 Å². The van der Waals surface area contributed by atoms with Crippen LogP contribution in [0.15, 0.2) is 24.5 Å². The molecule has 0 aliphatic carbocycles. The van der Waals surface area contributed by atoms with Gasteiger partial charge in [-0.1, -0.05) is 0 Å². The van der Waals surface area contributed by atoms with E-state index in [9.17, 15) is 4.79 Å². The third-order valence-electron chi connectivity index (χ3n) is 4.91. The summed E-state index contributed by atoms with van der Waals surface area (Å²) in [5.74, 6) is 2.14. The monoisotopic (exact) mass is 357 g/mol. The van der Waals surface area contributed by atoms with E-state index < -0.39 is 0 Å². The number of aromatic nitrogens is 2. The third-order valence-corrected chi connectivity index (χ3v) is 5.90. The van der Waals surface area contributed by atoms with Gasteiger partial charge < -0.3 is 14.7 Å². The van der Waals surface area contributed by atoms with Crippen LogP contribution in [-0.4, -0.2) is 60.0 Å². The molecule has 25 heavy (non-hydrogen) atoms. The highest BCUT2D eigenvalue weighted by molar-refractivity contribution is 7.13. The Morgan fingerprint density at radius 3 is 2.20 bits per heavy atom. The first-order valence-corrected chi connectivity index (χ1v) is 9.70. The third kappa shape index (κ3) is 3.46. The predicted octanol–water partition coefficient (Wildman–Crippen LogP) is 2.41. The molecular formula is C18H23N5OS. The van der Waals surface area contributed by atoms with Gasteiger partial charge in [0.1, 0.15) is 18.0 Å². The quantitative estimate of drug-likeness (QED) is 0.844. The summed E-state index contributed by atoms with van der Waals surface area (Å²) < 4.78 is 0. The van der Waals surface area contributed by atoms with Crippen LogP contribution in [0.1, 0.15) is 27.4 Å². The molecule has 132 valence electrons. The van der Waals surface area contributed by atoms with Gasteiger partial charge in [0.05, 0.1) is 4.88 Å². The van der Waals surface area contributed by atoms with Gasteiger partial charge in [0, 0.05) is 50.2 Å². The molecule has 6 nitrogen and oxygen atoms in total. The first-order valence-electron chi connectivity index (χ1n) is 8.88. The molecule has 2 aliphatic rings. The number of anilines is 2. The number of thiophene rings is 1. The molecule has 0 atom stereocenters. The van der Waals surface area contributed by atoms with Crippen molar-refractivity contribution in [2.24, 2.45) is 0 Å². The molecule has 7 heteroatoms. The smallest absolute Gasteiger partial charge is 0.264 e. The molecule has 4 heterocycles. The number of carbonyl (C=O) groups excluding carboxylic acids is 1. The Labute approximate surface area is 152 Å². The fourth-order valence-electron chi connectivity index (χ4n) is 3.47. The van der Waals surface area contributed by atoms with Crippen molar-refractivity contribution in [3.05, 3.63) is 34.3 Å². The lowest BCUT2D eigenvalue weighted by Crippen LogP contribution is -2.49. The number of nitrogens with zero attached hydrogens (tertiary/aromatic N) is 5. The van der Waals surface area contributed by atoms with Crippen molar-refractivity contribution in [3.8, 4) is 0 Å². The molecule has 0 saturated carbocycles. The van der Waals surface area contributed by atoms with Gasteiger partial charge in [-0.15, -0.1) is 11.3 Å². The zero-order valence-corrected chi connectivity index (χ0v) is 15.3. The molecule has 4 rings (SSSR count). The minimum absolute atomic E-state index is 0.151. The van der Waals surface area contributed by atoms with Crippen LogP contribution in [0.3, 0.4) is 0 Å². The zero-order chi connectivity index (χ0) is 17.2. The van der Waals surface area contributed by atoms with Gasteiger partial charge in [-0.3, -0.25) is 4.79 Å². The Balaban J connectivity index is 1.40. The topological polar surface area (TPSA) is 52.6 Å². The molecule has 1 amide bonds. The van der Waals surface area contributed by atoms with E-state index >= 15 is 0 Å². The molecule has 2 saturated heterocycles. The highest BCUT2D eigenvalue weighted by atomic mass is 32.1. The van der Waals surface area contributed by atoms with Crippen molar-refractivity contribution in [2.75, 3.05) is 49.1 Å². The molecular weight excluding hydrogens is 334 g/mol. The summed E-state index contributed by atoms with van der Waals surface area (Å²) in [4.78, 5) is 30.0. The largest absolute Gasteiger partial charge is 0.356 e. The zero-order valence-electron chi connectivity index (χ0n) is 14.5. The average molecular weight is 357 g/mol. The van der Waals surface area contributed by atoms with E-state index in [1.165, 1.54) is 17.7 Å². The second kappa shape index (κ2) is 7.00. The lowest BCUT2D eigenvalue weighted by molar-refractivity contribution is 0.0751. The maximum atomic E-state index is 12.6. The molecule has 0 spiro atoms. The maximum absolute atomic E-state index is 12.6. The van der Waals surface area contributed by atoms with Crippen molar-refractivity contribution in [3.63, 3.8) is 0 Å². The fraction of sp³-hybridized carbons (Fsp3) is 0.500. The summed E-state index contributed by atoms with van der Waals surface area (Å²) >= 11 is 1.57. The van der Waals surface area contributed by atoms with E-state index in [1.54, 1.807) is 17.7 Å². The number of amides is 1. The van der Waals surface area contributed by atoms with Crippen LogP contribution >= 0.6 is 11.3 Å². The van der Waals surface area contributed by atoms with Gasteiger partial charge in [0.25, 0.3) is 5.91 Å². The Kier molecular flexibility index (Phi) is 4.57. The van der Waals surface area contributed by atoms with Crippen molar-refractivity contribution >= 4 is 28.9 Å². The Hall–Kier alpha value is -2.15. The molecule has 0 bridgehead atoms. The molecule has 2 aromatic heterocycles. The van der Waals surface area contributed by atoms with E-state index in [0.29, 0.717) is 0 Å². The van der Waals surface area contributed by atoms with Gasteiger partial charge >= 0.3 is 0 Å². The maximum Gasteiger partial charge on any atom is 0.264 e. The van der Waals surface area contributed by atoms with Crippen LogP contribution in [0.2, 0.25) is 0 Å². The van der Waals surface area contributed by atoms with Gasteiger partial charge in [-0.2, -0.15) is 0 Å². The lowest BCUT2D eigenvalue weighted by atomic mass is 10.3. The average Bonchev–Trinajstić information content (AvgIpc) is 3.33.